The number of benzene rings is 1. The molecule has 0 unspecified atom stereocenters. The number of carbonyl (C=O) groups is 1. The average Bonchev–Trinajstić information content (AvgIpc) is 2.95. The van der Waals surface area contributed by atoms with Crippen LogP contribution in [0, 0.1) is 6.92 Å². The van der Waals surface area contributed by atoms with Gasteiger partial charge in [0.15, 0.2) is 0 Å². The normalized spacial score (nSPS) is 12.1. The van der Waals surface area contributed by atoms with Gasteiger partial charge in [0, 0.05) is 5.69 Å². The Bertz CT molecular complexity index is 662. The third-order valence-electron chi connectivity index (χ3n) is 3.07. The largest absolute Gasteiger partial charge is 0.494 e. The van der Waals surface area contributed by atoms with Crippen molar-refractivity contribution in [3.63, 3.8) is 0 Å². The van der Waals surface area contributed by atoms with E-state index in [9.17, 15) is 4.79 Å². The second kappa shape index (κ2) is 8.03. The minimum Gasteiger partial charge on any atom is -0.494 e. The monoisotopic (exact) mass is 315 g/mol. The maximum Gasteiger partial charge on any atom is 0.262 e. The molecule has 6 heteroatoms. The Labute approximate surface area is 135 Å². The molecular weight excluding hydrogens is 294 g/mol. The fourth-order valence-electron chi connectivity index (χ4n) is 1.91. The topological polar surface area (TPSA) is 75.9 Å². The molecule has 0 saturated heterocycles. The van der Waals surface area contributed by atoms with Gasteiger partial charge in [-0.1, -0.05) is 0 Å². The Balaban J connectivity index is 1.83. The highest BCUT2D eigenvalue weighted by Gasteiger charge is 2.11. The number of furan rings is 1. The summed E-state index contributed by atoms with van der Waals surface area (Å²) in [7, 11) is 0. The number of rotatable bonds is 7. The molecule has 0 aliphatic heterocycles. The highest BCUT2D eigenvalue weighted by Crippen LogP contribution is 2.16. The molecule has 23 heavy (non-hydrogen) atoms. The van der Waals surface area contributed by atoms with E-state index in [1.54, 1.807) is 13.0 Å². The number of hydrogen-bond acceptors (Lipinski definition) is 5. The molecule has 6 nitrogen and oxygen atoms in total. The first-order valence-electron chi connectivity index (χ1n) is 7.47. The molecule has 1 atom stereocenters. The van der Waals surface area contributed by atoms with Gasteiger partial charge in [-0.2, -0.15) is 5.10 Å². The van der Waals surface area contributed by atoms with Crippen molar-refractivity contribution in [1.82, 2.24) is 5.43 Å². The zero-order valence-electron chi connectivity index (χ0n) is 13.5. The summed E-state index contributed by atoms with van der Waals surface area (Å²) in [4.78, 5) is 12.0. The summed E-state index contributed by atoms with van der Waals surface area (Å²) in [5, 5.41) is 6.98. The lowest BCUT2D eigenvalue weighted by Crippen LogP contribution is -2.34. The van der Waals surface area contributed by atoms with E-state index in [4.69, 9.17) is 9.15 Å². The van der Waals surface area contributed by atoms with Gasteiger partial charge in [-0.3, -0.25) is 4.79 Å². The van der Waals surface area contributed by atoms with Crippen molar-refractivity contribution in [2.24, 2.45) is 5.10 Å². The lowest BCUT2D eigenvalue weighted by molar-refractivity contribution is -0.121. The standard InChI is InChI=1S/C17H21N3O3/c1-4-22-15-9-6-14(7-10-15)19-13(3)17(21)20-18-11-16-8-5-12(2)23-16/h5-11,13,19H,4H2,1-3H3,(H,20,21)/b18-11-/t13-/m0/s1. The van der Waals surface area contributed by atoms with Crippen LogP contribution in [-0.4, -0.2) is 24.8 Å². The Kier molecular flexibility index (Phi) is 5.80. The van der Waals surface area contributed by atoms with Crippen LogP contribution in [0.15, 0.2) is 45.9 Å². The Morgan fingerprint density at radius 1 is 1.30 bits per heavy atom. The zero-order valence-corrected chi connectivity index (χ0v) is 13.5. The lowest BCUT2D eigenvalue weighted by Gasteiger charge is -2.13. The molecule has 122 valence electrons. The van der Waals surface area contributed by atoms with Crippen molar-refractivity contribution in [3.05, 3.63) is 47.9 Å². The molecule has 2 rings (SSSR count). The van der Waals surface area contributed by atoms with Crippen LogP contribution in [0.3, 0.4) is 0 Å². The van der Waals surface area contributed by atoms with Gasteiger partial charge < -0.3 is 14.5 Å². The fourth-order valence-corrected chi connectivity index (χ4v) is 1.91. The summed E-state index contributed by atoms with van der Waals surface area (Å²) in [6.07, 6.45) is 1.47. The molecule has 2 aromatic rings. The summed E-state index contributed by atoms with van der Waals surface area (Å²) in [6, 6.07) is 10.6. The lowest BCUT2D eigenvalue weighted by atomic mass is 10.2. The van der Waals surface area contributed by atoms with Crippen LogP contribution in [0.2, 0.25) is 0 Å². The number of amides is 1. The first-order chi connectivity index (χ1) is 11.1. The third kappa shape index (κ3) is 5.18. The van der Waals surface area contributed by atoms with Gasteiger partial charge in [-0.05, 0) is 57.2 Å². The van der Waals surface area contributed by atoms with Crippen molar-refractivity contribution in [2.75, 3.05) is 11.9 Å². The smallest absolute Gasteiger partial charge is 0.262 e. The van der Waals surface area contributed by atoms with Gasteiger partial charge in [0.1, 0.15) is 23.3 Å². The number of hydrazone groups is 1. The second-order valence-electron chi connectivity index (χ2n) is 5.01. The molecule has 1 heterocycles. The highest BCUT2D eigenvalue weighted by atomic mass is 16.5. The molecule has 0 saturated carbocycles. The number of ether oxygens (including phenoxy) is 1. The minimum absolute atomic E-state index is 0.238. The van der Waals surface area contributed by atoms with Gasteiger partial charge in [-0.25, -0.2) is 5.43 Å². The molecule has 1 amide bonds. The summed E-state index contributed by atoms with van der Waals surface area (Å²) in [5.74, 6) is 1.95. The van der Waals surface area contributed by atoms with Crippen LogP contribution in [0.1, 0.15) is 25.4 Å². The summed E-state index contributed by atoms with van der Waals surface area (Å²) >= 11 is 0. The van der Waals surface area contributed by atoms with Crippen molar-refractivity contribution in [3.8, 4) is 5.75 Å². The maximum absolute atomic E-state index is 12.0. The number of carbonyl (C=O) groups excluding carboxylic acids is 1. The first-order valence-corrected chi connectivity index (χ1v) is 7.47. The van der Waals surface area contributed by atoms with E-state index in [0.717, 1.165) is 17.2 Å². The van der Waals surface area contributed by atoms with E-state index in [1.807, 2.05) is 44.2 Å². The minimum atomic E-state index is -0.427. The molecule has 1 aromatic carbocycles. The molecule has 0 fully saturated rings. The van der Waals surface area contributed by atoms with Gasteiger partial charge in [-0.15, -0.1) is 0 Å². The van der Waals surface area contributed by atoms with Crippen LogP contribution >= 0.6 is 0 Å². The quantitative estimate of drug-likeness (QED) is 0.608. The van der Waals surface area contributed by atoms with Gasteiger partial charge in [0.05, 0.1) is 12.8 Å². The van der Waals surface area contributed by atoms with Crippen molar-refractivity contribution in [1.29, 1.82) is 0 Å². The van der Waals surface area contributed by atoms with Crippen molar-refractivity contribution in [2.45, 2.75) is 26.8 Å². The second-order valence-corrected chi connectivity index (χ2v) is 5.01. The van der Waals surface area contributed by atoms with Crippen LogP contribution in [-0.2, 0) is 4.79 Å². The van der Waals surface area contributed by atoms with E-state index in [-0.39, 0.29) is 5.91 Å². The number of aryl methyl sites for hydroxylation is 1. The first kappa shape index (κ1) is 16.6. The summed E-state index contributed by atoms with van der Waals surface area (Å²) in [6.45, 7) is 6.17. The Hall–Kier alpha value is -2.76. The Morgan fingerprint density at radius 2 is 2.04 bits per heavy atom. The van der Waals surface area contributed by atoms with E-state index in [1.165, 1.54) is 6.21 Å². The van der Waals surface area contributed by atoms with E-state index in [2.05, 4.69) is 15.8 Å². The zero-order chi connectivity index (χ0) is 16.7. The van der Waals surface area contributed by atoms with Crippen molar-refractivity contribution < 1.29 is 13.9 Å². The maximum atomic E-state index is 12.0. The summed E-state index contributed by atoms with van der Waals surface area (Å²) in [5.41, 5.74) is 3.31. The van der Waals surface area contributed by atoms with E-state index in [0.29, 0.717) is 12.4 Å². The predicted octanol–water partition coefficient (Wildman–Crippen LogP) is 2.94. The van der Waals surface area contributed by atoms with Gasteiger partial charge in [0.2, 0.25) is 0 Å². The fraction of sp³-hybridized carbons (Fsp3) is 0.294. The molecular formula is C17H21N3O3. The Morgan fingerprint density at radius 3 is 2.65 bits per heavy atom. The molecule has 0 bridgehead atoms. The number of anilines is 1. The van der Waals surface area contributed by atoms with Gasteiger partial charge >= 0.3 is 0 Å². The molecule has 2 N–H and O–H groups in total. The van der Waals surface area contributed by atoms with Crippen molar-refractivity contribution >= 4 is 17.8 Å². The van der Waals surface area contributed by atoms with Crippen LogP contribution in [0.25, 0.3) is 0 Å². The SMILES string of the molecule is CCOc1ccc(N[C@@H](C)C(=O)N/N=C\c2ccc(C)o2)cc1. The predicted molar refractivity (Wildman–Crippen MR) is 89.9 cm³/mol. The van der Waals surface area contributed by atoms with Crippen LogP contribution in [0.4, 0.5) is 5.69 Å². The molecule has 0 aliphatic rings. The number of nitrogens with one attached hydrogen (secondary N) is 2. The third-order valence-corrected chi connectivity index (χ3v) is 3.07. The molecule has 0 aliphatic carbocycles. The molecule has 1 aromatic heterocycles. The van der Waals surface area contributed by atoms with Crippen LogP contribution < -0.4 is 15.5 Å². The molecule has 0 radical (unpaired) electrons. The highest BCUT2D eigenvalue weighted by molar-refractivity contribution is 5.85. The average molecular weight is 315 g/mol. The van der Waals surface area contributed by atoms with E-state index < -0.39 is 6.04 Å². The summed E-state index contributed by atoms with van der Waals surface area (Å²) < 4.78 is 10.7. The van der Waals surface area contributed by atoms with Gasteiger partial charge in [0.25, 0.3) is 5.91 Å². The van der Waals surface area contributed by atoms with Crippen LogP contribution in [0.5, 0.6) is 5.75 Å². The number of nitrogens with zero attached hydrogens (tertiary/aromatic N) is 1. The number of hydrogen-bond donors (Lipinski definition) is 2. The molecule has 0 spiro atoms. The van der Waals surface area contributed by atoms with E-state index >= 15 is 0 Å².